The van der Waals surface area contributed by atoms with E-state index in [1.807, 2.05) is 31.2 Å². The molecule has 0 radical (unpaired) electrons. The lowest BCUT2D eigenvalue weighted by Gasteiger charge is -2.06. The topological polar surface area (TPSA) is 85.2 Å². The minimum Gasteiger partial charge on any atom is -0.457 e. The number of pyridine rings is 1. The molecule has 0 atom stereocenters. The average Bonchev–Trinajstić information content (AvgIpc) is 2.91. The smallest absolute Gasteiger partial charge is 0.344 e. The Balaban J connectivity index is 1.79. The largest absolute Gasteiger partial charge is 0.457 e. The first kappa shape index (κ1) is 16.7. The van der Waals surface area contributed by atoms with Crippen molar-refractivity contribution in [3.63, 3.8) is 0 Å². The highest BCUT2D eigenvalue weighted by Crippen LogP contribution is 2.18. The molecule has 0 aliphatic carbocycles. The van der Waals surface area contributed by atoms with Crippen LogP contribution < -0.4 is 5.56 Å². The van der Waals surface area contributed by atoms with Crippen molar-refractivity contribution in [1.29, 1.82) is 0 Å². The summed E-state index contributed by atoms with van der Waals surface area (Å²) in [6.45, 7) is 5.50. The first-order valence-electron chi connectivity index (χ1n) is 7.85. The number of carbonyl (C=O) groups excluding carboxylic acids is 1. The Kier molecular flexibility index (Phi) is 4.52. The highest BCUT2D eigenvalue weighted by atomic mass is 16.5. The molecule has 128 valence electrons. The number of aromatic nitrogens is 2. The van der Waals surface area contributed by atoms with Crippen LogP contribution in [-0.2, 0) is 11.3 Å². The van der Waals surface area contributed by atoms with Gasteiger partial charge in [0.05, 0.1) is 11.3 Å². The number of ether oxygens (including phenoxy) is 1. The molecule has 0 saturated carbocycles. The van der Waals surface area contributed by atoms with E-state index in [4.69, 9.17) is 9.26 Å². The van der Waals surface area contributed by atoms with Gasteiger partial charge in [0.1, 0.15) is 17.9 Å². The number of carbonyl (C=O) groups is 1. The highest BCUT2D eigenvalue weighted by Gasteiger charge is 2.16. The Labute approximate surface area is 144 Å². The zero-order chi connectivity index (χ0) is 18.0. The van der Waals surface area contributed by atoms with E-state index in [1.54, 1.807) is 19.9 Å². The lowest BCUT2D eigenvalue weighted by atomic mass is 10.1. The van der Waals surface area contributed by atoms with Crippen LogP contribution in [0.15, 0.2) is 45.7 Å². The summed E-state index contributed by atoms with van der Waals surface area (Å²) >= 11 is 0. The molecule has 0 amide bonds. The van der Waals surface area contributed by atoms with Gasteiger partial charge in [0, 0.05) is 5.69 Å². The molecule has 6 heteroatoms. The third-order valence-corrected chi connectivity index (χ3v) is 3.99. The molecule has 1 N–H and O–H groups in total. The molecule has 0 aliphatic rings. The minimum absolute atomic E-state index is 0.0130. The summed E-state index contributed by atoms with van der Waals surface area (Å²) in [4.78, 5) is 27.2. The number of esters is 1. The lowest BCUT2D eigenvalue weighted by Crippen LogP contribution is -2.20. The third kappa shape index (κ3) is 3.52. The van der Waals surface area contributed by atoms with E-state index in [0.29, 0.717) is 22.7 Å². The van der Waals surface area contributed by atoms with Crippen LogP contribution in [0.4, 0.5) is 0 Å². The minimum atomic E-state index is -0.683. The van der Waals surface area contributed by atoms with Gasteiger partial charge in [0.2, 0.25) is 0 Å². The van der Waals surface area contributed by atoms with Crippen molar-refractivity contribution < 1.29 is 14.1 Å². The number of aromatic amines is 1. The van der Waals surface area contributed by atoms with Crippen molar-refractivity contribution in [2.24, 2.45) is 0 Å². The number of hydrogen-bond donors (Lipinski definition) is 1. The predicted molar refractivity (Wildman–Crippen MR) is 92.3 cm³/mol. The standard InChI is InChI=1S/C19H18N2O4/c1-11-5-4-6-14(9-11)17-8-7-15(18(22)20-17)19(23)24-10-16-12(2)21-25-13(16)3/h4-9H,10H2,1-3H3,(H,20,22). The molecule has 0 unspecified atom stereocenters. The number of hydrogen-bond acceptors (Lipinski definition) is 5. The molecule has 2 aromatic heterocycles. The van der Waals surface area contributed by atoms with Crippen molar-refractivity contribution in [2.45, 2.75) is 27.4 Å². The monoisotopic (exact) mass is 338 g/mol. The predicted octanol–water partition coefficient (Wildman–Crippen LogP) is 3.31. The van der Waals surface area contributed by atoms with Crippen molar-refractivity contribution in [3.05, 3.63) is 74.9 Å². The molecule has 25 heavy (non-hydrogen) atoms. The van der Waals surface area contributed by atoms with E-state index in [-0.39, 0.29) is 12.2 Å². The van der Waals surface area contributed by atoms with Crippen LogP contribution >= 0.6 is 0 Å². The van der Waals surface area contributed by atoms with Gasteiger partial charge in [0.25, 0.3) is 5.56 Å². The summed E-state index contributed by atoms with van der Waals surface area (Å²) in [5.41, 5.74) is 3.46. The van der Waals surface area contributed by atoms with Gasteiger partial charge in [-0.05, 0) is 44.5 Å². The van der Waals surface area contributed by atoms with Crippen LogP contribution in [0.5, 0.6) is 0 Å². The quantitative estimate of drug-likeness (QED) is 0.738. The van der Waals surface area contributed by atoms with Crippen LogP contribution in [0.2, 0.25) is 0 Å². The Morgan fingerprint density at radius 2 is 2.00 bits per heavy atom. The van der Waals surface area contributed by atoms with Crippen LogP contribution in [0, 0.1) is 20.8 Å². The van der Waals surface area contributed by atoms with Gasteiger partial charge >= 0.3 is 5.97 Å². The zero-order valence-corrected chi connectivity index (χ0v) is 14.3. The SMILES string of the molecule is Cc1cccc(-c2ccc(C(=O)OCc3c(C)noc3C)c(=O)[nH]2)c1. The van der Waals surface area contributed by atoms with Gasteiger partial charge in [0.15, 0.2) is 0 Å². The van der Waals surface area contributed by atoms with Crippen LogP contribution in [0.1, 0.15) is 32.9 Å². The number of H-pyrrole nitrogens is 1. The second-order valence-electron chi connectivity index (χ2n) is 5.86. The Bertz CT molecular complexity index is 966. The van der Waals surface area contributed by atoms with Crippen LogP contribution in [-0.4, -0.2) is 16.1 Å². The molecular weight excluding hydrogens is 320 g/mol. The molecule has 0 aliphatic heterocycles. The number of benzene rings is 1. The summed E-state index contributed by atoms with van der Waals surface area (Å²) < 4.78 is 10.2. The van der Waals surface area contributed by atoms with Gasteiger partial charge in [-0.1, -0.05) is 28.9 Å². The fourth-order valence-corrected chi connectivity index (χ4v) is 2.54. The van der Waals surface area contributed by atoms with Gasteiger partial charge < -0.3 is 14.2 Å². The molecule has 1 aromatic carbocycles. The number of aryl methyl sites for hydroxylation is 3. The maximum Gasteiger partial charge on any atom is 0.344 e. The van der Waals surface area contributed by atoms with Crippen molar-refractivity contribution in [1.82, 2.24) is 10.1 Å². The van der Waals surface area contributed by atoms with Gasteiger partial charge in [-0.15, -0.1) is 0 Å². The summed E-state index contributed by atoms with van der Waals surface area (Å²) in [5.74, 6) is -0.0916. The van der Waals surface area contributed by atoms with E-state index < -0.39 is 11.5 Å². The first-order chi connectivity index (χ1) is 12.0. The Morgan fingerprint density at radius 1 is 1.20 bits per heavy atom. The average molecular weight is 338 g/mol. The molecule has 2 heterocycles. The van der Waals surface area contributed by atoms with E-state index in [2.05, 4.69) is 10.1 Å². The molecule has 0 bridgehead atoms. The summed E-state index contributed by atoms with van der Waals surface area (Å²) in [7, 11) is 0. The zero-order valence-electron chi connectivity index (χ0n) is 14.3. The van der Waals surface area contributed by atoms with Crippen molar-refractivity contribution in [2.75, 3.05) is 0 Å². The molecule has 3 aromatic rings. The van der Waals surface area contributed by atoms with Crippen molar-refractivity contribution >= 4 is 5.97 Å². The molecule has 6 nitrogen and oxygen atoms in total. The maximum atomic E-state index is 12.2. The normalized spacial score (nSPS) is 10.7. The lowest BCUT2D eigenvalue weighted by molar-refractivity contribution is 0.0468. The third-order valence-electron chi connectivity index (χ3n) is 3.99. The van der Waals surface area contributed by atoms with E-state index >= 15 is 0 Å². The number of nitrogens with one attached hydrogen (secondary N) is 1. The van der Waals surface area contributed by atoms with E-state index in [0.717, 1.165) is 11.1 Å². The van der Waals surface area contributed by atoms with Crippen LogP contribution in [0.3, 0.4) is 0 Å². The fourth-order valence-electron chi connectivity index (χ4n) is 2.54. The number of rotatable bonds is 4. The van der Waals surface area contributed by atoms with Gasteiger partial charge in [-0.3, -0.25) is 4.79 Å². The van der Waals surface area contributed by atoms with E-state index in [1.165, 1.54) is 6.07 Å². The molecular formula is C19H18N2O4. The summed E-state index contributed by atoms with van der Waals surface area (Å²) in [5, 5.41) is 3.80. The summed E-state index contributed by atoms with van der Waals surface area (Å²) in [6.07, 6.45) is 0. The fraction of sp³-hybridized carbons (Fsp3) is 0.211. The van der Waals surface area contributed by atoms with Gasteiger partial charge in [-0.25, -0.2) is 4.79 Å². The highest BCUT2D eigenvalue weighted by molar-refractivity contribution is 5.89. The van der Waals surface area contributed by atoms with E-state index in [9.17, 15) is 9.59 Å². The second-order valence-corrected chi connectivity index (χ2v) is 5.86. The Hall–Kier alpha value is -3.15. The first-order valence-corrected chi connectivity index (χ1v) is 7.85. The second kappa shape index (κ2) is 6.76. The van der Waals surface area contributed by atoms with Crippen LogP contribution in [0.25, 0.3) is 11.3 Å². The Morgan fingerprint density at radius 3 is 2.64 bits per heavy atom. The van der Waals surface area contributed by atoms with Crippen molar-refractivity contribution in [3.8, 4) is 11.3 Å². The maximum absolute atomic E-state index is 12.2. The summed E-state index contributed by atoms with van der Waals surface area (Å²) in [6, 6.07) is 10.9. The van der Waals surface area contributed by atoms with Gasteiger partial charge in [-0.2, -0.15) is 0 Å². The number of nitrogens with zero attached hydrogens (tertiary/aromatic N) is 1. The molecule has 0 saturated heterocycles. The molecule has 0 spiro atoms. The molecule has 3 rings (SSSR count). The molecule has 0 fully saturated rings.